The standard InChI is InChI=1S/C11H24N2O2S/c1-3-11(4-2,9-12)10-13-5-7-16(14,15)8-6-13/h3-10,12H2,1-2H3. The van der Waals surface area contributed by atoms with Gasteiger partial charge >= 0.3 is 0 Å². The normalized spacial score (nSPS) is 22.2. The van der Waals surface area contributed by atoms with Crippen LogP contribution >= 0.6 is 0 Å². The number of sulfone groups is 1. The Morgan fingerprint density at radius 3 is 2.06 bits per heavy atom. The molecule has 0 bridgehead atoms. The molecule has 1 saturated heterocycles. The fraction of sp³-hybridized carbons (Fsp3) is 1.00. The SMILES string of the molecule is CCC(CC)(CN)CN1CCS(=O)(=O)CC1. The van der Waals surface area contributed by atoms with E-state index >= 15 is 0 Å². The molecule has 1 heterocycles. The summed E-state index contributed by atoms with van der Waals surface area (Å²) in [6.07, 6.45) is 2.12. The number of nitrogens with zero attached hydrogens (tertiary/aromatic N) is 1. The van der Waals surface area contributed by atoms with E-state index in [1.54, 1.807) is 0 Å². The third-order valence-corrected chi connectivity index (χ3v) is 5.54. The van der Waals surface area contributed by atoms with Crippen molar-refractivity contribution in [1.29, 1.82) is 0 Å². The Morgan fingerprint density at radius 2 is 1.69 bits per heavy atom. The number of hydrogen-bond acceptors (Lipinski definition) is 4. The Hall–Kier alpha value is -0.130. The Kier molecular flexibility index (Phi) is 4.76. The molecule has 0 atom stereocenters. The molecule has 0 amide bonds. The molecule has 0 aromatic carbocycles. The van der Waals surface area contributed by atoms with Gasteiger partial charge in [-0.25, -0.2) is 8.42 Å². The van der Waals surface area contributed by atoms with E-state index in [4.69, 9.17) is 5.73 Å². The van der Waals surface area contributed by atoms with E-state index in [1.807, 2.05) is 0 Å². The zero-order valence-electron chi connectivity index (χ0n) is 10.4. The smallest absolute Gasteiger partial charge is 0.152 e. The quantitative estimate of drug-likeness (QED) is 0.769. The van der Waals surface area contributed by atoms with Crippen molar-refractivity contribution in [3.63, 3.8) is 0 Å². The van der Waals surface area contributed by atoms with Crippen LogP contribution in [0, 0.1) is 5.41 Å². The third kappa shape index (κ3) is 3.43. The van der Waals surface area contributed by atoms with Gasteiger partial charge in [-0.05, 0) is 24.8 Å². The summed E-state index contributed by atoms with van der Waals surface area (Å²) in [7, 11) is -2.76. The van der Waals surface area contributed by atoms with Gasteiger partial charge in [0.05, 0.1) is 11.5 Å². The molecular weight excluding hydrogens is 224 g/mol. The fourth-order valence-corrected chi connectivity index (χ4v) is 3.49. The van der Waals surface area contributed by atoms with Crippen molar-refractivity contribution in [3.05, 3.63) is 0 Å². The van der Waals surface area contributed by atoms with E-state index in [1.165, 1.54) is 0 Å². The van der Waals surface area contributed by atoms with Gasteiger partial charge in [-0.2, -0.15) is 0 Å². The van der Waals surface area contributed by atoms with Crippen molar-refractivity contribution in [2.24, 2.45) is 11.1 Å². The first kappa shape index (κ1) is 13.9. The van der Waals surface area contributed by atoms with E-state index < -0.39 is 9.84 Å². The highest BCUT2D eigenvalue weighted by atomic mass is 32.2. The summed E-state index contributed by atoms with van der Waals surface area (Å²) < 4.78 is 22.6. The highest BCUT2D eigenvalue weighted by Crippen LogP contribution is 2.26. The molecule has 2 N–H and O–H groups in total. The van der Waals surface area contributed by atoms with Gasteiger partial charge in [0.1, 0.15) is 0 Å². The summed E-state index contributed by atoms with van der Waals surface area (Å²) in [4.78, 5) is 2.25. The van der Waals surface area contributed by atoms with E-state index in [0.717, 1.165) is 19.4 Å². The van der Waals surface area contributed by atoms with Crippen LogP contribution in [0.4, 0.5) is 0 Å². The summed E-state index contributed by atoms with van der Waals surface area (Å²) in [5, 5.41) is 0. The largest absolute Gasteiger partial charge is 0.330 e. The van der Waals surface area contributed by atoms with Crippen LogP contribution in [0.25, 0.3) is 0 Å². The highest BCUT2D eigenvalue weighted by Gasteiger charge is 2.30. The van der Waals surface area contributed by atoms with Crippen molar-refractivity contribution < 1.29 is 8.42 Å². The summed E-state index contributed by atoms with van der Waals surface area (Å²) in [6.45, 7) is 7.29. The maximum atomic E-state index is 11.3. The Balaban J connectivity index is 2.55. The minimum Gasteiger partial charge on any atom is -0.330 e. The second-order valence-corrected chi connectivity index (χ2v) is 7.14. The average Bonchev–Trinajstić information content (AvgIpc) is 2.29. The Morgan fingerprint density at radius 1 is 1.19 bits per heavy atom. The molecule has 1 rings (SSSR count). The molecule has 0 aromatic rings. The van der Waals surface area contributed by atoms with Crippen LogP contribution in [0.2, 0.25) is 0 Å². The van der Waals surface area contributed by atoms with Gasteiger partial charge in [0.25, 0.3) is 0 Å². The molecule has 96 valence electrons. The predicted molar refractivity (Wildman–Crippen MR) is 67.2 cm³/mol. The second-order valence-electron chi connectivity index (χ2n) is 4.84. The predicted octanol–water partition coefficient (Wildman–Crippen LogP) is 0.482. The van der Waals surface area contributed by atoms with Crippen molar-refractivity contribution in [2.45, 2.75) is 26.7 Å². The molecule has 0 aliphatic carbocycles. The van der Waals surface area contributed by atoms with Crippen molar-refractivity contribution >= 4 is 9.84 Å². The third-order valence-electron chi connectivity index (χ3n) is 3.93. The topological polar surface area (TPSA) is 63.4 Å². The van der Waals surface area contributed by atoms with E-state index in [9.17, 15) is 8.42 Å². The van der Waals surface area contributed by atoms with Gasteiger partial charge in [-0.15, -0.1) is 0 Å². The second kappa shape index (κ2) is 5.47. The maximum Gasteiger partial charge on any atom is 0.152 e. The molecule has 0 saturated carbocycles. The molecule has 0 radical (unpaired) electrons. The average molecular weight is 248 g/mol. The van der Waals surface area contributed by atoms with Gasteiger partial charge < -0.3 is 10.6 Å². The van der Waals surface area contributed by atoms with Crippen LogP contribution < -0.4 is 5.73 Å². The summed E-state index contributed by atoms with van der Waals surface area (Å²) in [6, 6.07) is 0. The van der Waals surface area contributed by atoms with Crippen molar-refractivity contribution in [3.8, 4) is 0 Å². The molecule has 1 aliphatic rings. The molecule has 1 fully saturated rings. The molecule has 5 heteroatoms. The minimum absolute atomic E-state index is 0.168. The lowest BCUT2D eigenvalue weighted by molar-refractivity contribution is 0.152. The monoisotopic (exact) mass is 248 g/mol. The molecule has 4 nitrogen and oxygen atoms in total. The van der Waals surface area contributed by atoms with Crippen LogP contribution in [0.3, 0.4) is 0 Å². The van der Waals surface area contributed by atoms with Crippen LogP contribution in [0.15, 0.2) is 0 Å². The van der Waals surface area contributed by atoms with Crippen LogP contribution in [0.1, 0.15) is 26.7 Å². The zero-order chi connectivity index (χ0) is 12.2. The van der Waals surface area contributed by atoms with Gasteiger partial charge in [0.15, 0.2) is 9.84 Å². The summed E-state index contributed by atoms with van der Waals surface area (Å²) in [5.74, 6) is 0.613. The molecular formula is C11H24N2O2S. The highest BCUT2D eigenvalue weighted by molar-refractivity contribution is 7.91. The van der Waals surface area contributed by atoms with Crippen LogP contribution in [-0.2, 0) is 9.84 Å². The first-order valence-corrected chi connectivity index (χ1v) is 7.92. The molecule has 0 spiro atoms. The minimum atomic E-state index is -2.76. The molecule has 16 heavy (non-hydrogen) atoms. The van der Waals surface area contributed by atoms with Crippen molar-refractivity contribution in [2.75, 3.05) is 37.7 Å². The lowest BCUT2D eigenvalue weighted by Crippen LogP contribution is -2.48. The fourth-order valence-electron chi connectivity index (χ4n) is 2.21. The molecule has 1 aliphatic heterocycles. The lowest BCUT2D eigenvalue weighted by atomic mass is 9.82. The van der Waals surface area contributed by atoms with Gasteiger partial charge in [-0.1, -0.05) is 13.8 Å². The first-order valence-electron chi connectivity index (χ1n) is 6.10. The van der Waals surface area contributed by atoms with E-state index in [2.05, 4.69) is 18.7 Å². The zero-order valence-corrected chi connectivity index (χ0v) is 11.2. The van der Waals surface area contributed by atoms with Crippen molar-refractivity contribution in [1.82, 2.24) is 4.90 Å². The molecule has 0 unspecified atom stereocenters. The maximum absolute atomic E-state index is 11.3. The number of hydrogen-bond donors (Lipinski definition) is 1. The van der Waals surface area contributed by atoms with E-state index in [0.29, 0.717) is 31.1 Å². The first-order chi connectivity index (χ1) is 7.47. The summed E-state index contributed by atoms with van der Waals surface area (Å²) in [5.41, 5.74) is 6.02. The number of rotatable bonds is 5. The van der Waals surface area contributed by atoms with Crippen LogP contribution in [-0.4, -0.2) is 51.0 Å². The lowest BCUT2D eigenvalue weighted by Gasteiger charge is -2.37. The van der Waals surface area contributed by atoms with Crippen LogP contribution in [0.5, 0.6) is 0 Å². The Labute approximate surface area is 99.1 Å². The van der Waals surface area contributed by atoms with E-state index in [-0.39, 0.29) is 5.41 Å². The summed E-state index contributed by atoms with van der Waals surface area (Å²) >= 11 is 0. The van der Waals surface area contributed by atoms with Gasteiger partial charge in [0, 0.05) is 19.6 Å². The Bertz CT molecular complexity index is 288. The van der Waals surface area contributed by atoms with Gasteiger partial charge in [0.2, 0.25) is 0 Å². The van der Waals surface area contributed by atoms with Gasteiger partial charge in [-0.3, -0.25) is 0 Å². The number of nitrogens with two attached hydrogens (primary N) is 1. The molecule has 0 aromatic heterocycles.